The number of guanidine groups is 1. The topological polar surface area (TPSA) is 54.9 Å². The minimum Gasteiger partial charge on any atom is -0.497 e. The zero-order chi connectivity index (χ0) is 20.5. The van der Waals surface area contributed by atoms with Gasteiger partial charge in [-0.1, -0.05) is 42.0 Å². The zero-order valence-corrected chi connectivity index (χ0v) is 20.6. The second-order valence-electron chi connectivity index (χ2n) is 7.66. The molecule has 2 aromatic rings. The summed E-state index contributed by atoms with van der Waals surface area (Å²) in [5, 5.41) is 6.98. The van der Waals surface area contributed by atoms with Gasteiger partial charge in [0, 0.05) is 31.7 Å². The van der Waals surface area contributed by atoms with Crippen LogP contribution in [0.15, 0.2) is 53.5 Å². The fourth-order valence-electron chi connectivity index (χ4n) is 3.85. The lowest BCUT2D eigenvalue weighted by Crippen LogP contribution is -2.48. The van der Waals surface area contributed by atoms with Crippen LogP contribution in [0.4, 0.5) is 0 Å². The summed E-state index contributed by atoms with van der Waals surface area (Å²) in [6.45, 7) is 8.09. The zero-order valence-electron chi connectivity index (χ0n) is 18.2. The molecule has 0 aromatic heterocycles. The van der Waals surface area contributed by atoms with Crippen molar-refractivity contribution in [3.05, 3.63) is 65.2 Å². The second-order valence-corrected chi connectivity index (χ2v) is 7.66. The van der Waals surface area contributed by atoms with Crippen LogP contribution in [0.25, 0.3) is 0 Å². The highest BCUT2D eigenvalue weighted by atomic mass is 127. The molecular weight excluding hydrogens is 489 g/mol. The maximum Gasteiger partial charge on any atom is 0.191 e. The van der Waals surface area contributed by atoms with Gasteiger partial charge < -0.3 is 20.1 Å². The first kappa shape index (κ1) is 24.5. The number of nitrogens with one attached hydrogen (secondary N) is 2. The van der Waals surface area contributed by atoms with Gasteiger partial charge in [0.15, 0.2) is 5.96 Å². The Labute approximate surface area is 197 Å². The summed E-state index contributed by atoms with van der Waals surface area (Å²) >= 11 is 0. The Morgan fingerprint density at radius 1 is 1.10 bits per heavy atom. The van der Waals surface area contributed by atoms with Gasteiger partial charge in [-0.15, -0.1) is 24.0 Å². The van der Waals surface area contributed by atoms with Crippen molar-refractivity contribution in [3.8, 4) is 5.75 Å². The van der Waals surface area contributed by atoms with E-state index in [0.29, 0.717) is 6.54 Å². The predicted octanol–water partition coefficient (Wildman–Crippen LogP) is 4.43. The standard InChI is InChI=1S/C24H33N3O2.HI/c1-4-25-23(26-17-20-7-5-6-19(2)16-20)27-18-24(12-14-29-15-13-24)21-8-10-22(28-3)11-9-21;/h5-11,16H,4,12-15,17-18H2,1-3H3,(H2,25,26,27);1H. The van der Waals surface area contributed by atoms with E-state index in [1.54, 1.807) is 7.11 Å². The fraction of sp³-hybridized carbons (Fsp3) is 0.458. The van der Waals surface area contributed by atoms with Gasteiger partial charge in [-0.3, -0.25) is 0 Å². The van der Waals surface area contributed by atoms with Crippen molar-refractivity contribution in [2.75, 3.05) is 33.4 Å². The van der Waals surface area contributed by atoms with E-state index in [9.17, 15) is 0 Å². The second kappa shape index (κ2) is 12.2. The average Bonchev–Trinajstić information content (AvgIpc) is 2.76. The summed E-state index contributed by atoms with van der Waals surface area (Å²) in [5.41, 5.74) is 3.84. The van der Waals surface area contributed by atoms with E-state index in [4.69, 9.17) is 14.5 Å². The van der Waals surface area contributed by atoms with E-state index >= 15 is 0 Å². The largest absolute Gasteiger partial charge is 0.497 e. The number of rotatable bonds is 7. The Morgan fingerprint density at radius 3 is 2.47 bits per heavy atom. The van der Waals surface area contributed by atoms with Crippen molar-refractivity contribution in [2.24, 2.45) is 4.99 Å². The molecular formula is C24H34IN3O2. The van der Waals surface area contributed by atoms with E-state index in [0.717, 1.165) is 50.9 Å². The van der Waals surface area contributed by atoms with Crippen LogP contribution in [-0.4, -0.2) is 39.4 Å². The summed E-state index contributed by atoms with van der Waals surface area (Å²) in [7, 11) is 1.70. The van der Waals surface area contributed by atoms with Gasteiger partial charge in [-0.2, -0.15) is 0 Å². The monoisotopic (exact) mass is 523 g/mol. The number of benzene rings is 2. The number of hydrogen-bond donors (Lipinski definition) is 2. The van der Waals surface area contributed by atoms with Crippen molar-refractivity contribution >= 4 is 29.9 Å². The number of aryl methyl sites for hydroxylation is 1. The SMILES string of the molecule is CCNC(=NCc1cccc(C)c1)NCC1(c2ccc(OC)cc2)CCOCC1.I. The normalized spacial score (nSPS) is 15.8. The molecule has 30 heavy (non-hydrogen) atoms. The van der Waals surface area contributed by atoms with Gasteiger partial charge in [-0.25, -0.2) is 4.99 Å². The number of nitrogens with zero attached hydrogens (tertiary/aromatic N) is 1. The van der Waals surface area contributed by atoms with Gasteiger partial charge in [-0.05, 0) is 49.9 Å². The predicted molar refractivity (Wildman–Crippen MR) is 134 cm³/mol. The van der Waals surface area contributed by atoms with Crippen LogP contribution in [0.1, 0.15) is 36.5 Å². The molecule has 0 radical (unpaired) electrons. The third kappa shape index (κ3) is 6.60. The molecule has 1 aliphatic heterocycles. The smallest absolute Gasteiger partial charge is 0.191 e. The quantitative estimate of drug-likeness (QED) is 0.321. The van der Waals surface area contributed by atoms with Crippen molar-refractivity contribution in [1.29, 1.82) is 0 Å². The number of methoxy groups -OCH3 is 1. The third-order valence-electron chi connectivity index (χ3n) is 5.59. The van der Waals surface area contributed by atoms with Crippen LogP contribution in [0.2, 0.25) is 0 Å². The van der Waals surface area contributed by atoms with E-state index in [1.807, 2.05) is 12.1 Å². The molecule has 5 nitrogen and oxygen atoms in total. The summed E-state index contributed by atoms with van der Waals surface area (Å²) in [4.78, 5) is 4.80. The Bertz CT molecular complexity index is 802. The summed E-state index contributed by atoms with van der Waals surface area (Å²) in [6.07, 6.45) is 1.98. The molecule has 0 amide bonds. The van der Waals surface area contributed by atoms with Gasteiger partial charge in [0.25, 0.3) is 0 Å². The summed E-state index contributed by atoms with van der Waals surface area (Å²) in [5.74, 6) is 1.74. The van der Waals surface area contributed by atoms with Gasteiger partial charge in [0.2, 0.25) is 0 Å². The van der Waals surface area contributed by atoms with Crippen molar-refractivity contribution < 1.29 is 9.47 Å². The van der Waals surface area contributed by atoms with Gasteiger partial charge in [0.1, 0.15) is 5.75 Å². The Morgan fingerprint density at radius 2 is 1.83 bits per heavy atom. The Kier molecular flexibility index (Phi) is 9.91. The van der Waals surface area contributed by atoms with Crippen LogP contribution in [-0.2, 0) is 16.7 Å². The molecule has 0 saturated carbocycles. The van der Waals surface area contributed by atoms with Crippen molar-refractivity contribution in [2.45, 2.75) is 38.6 Å². The van der Waals surface area contributed by atoms with E-state index in [2.05, 4.69) is 60.9 Å². The molecule has 1 aliphatic rings. The molecule has 0 unspecified atom stereocenters. The highest BCUT2D eigenvalue weighted by molar-refractivity contribution is 14.0. The van der Waals surface area contributed by atoms with Gasteiger partial charge in [0.05, 0.1) is 13.7 Å². The molecule has 1 heterocycles. The number of aliphatic imine (C=N–C) groups is 1. The first-order chi connectivity index (χ1) is 14.1. The number of hydrogen-bond acceptors (Lipinski definition) is 3. The molecule has 1 saturated heterocycles. The molecule has 2 aromatic carbocycles. The first-order valence-electron chi connectivity index (χ1n) is 10.5. The molecule has 164 valence electrons. The minimum atomic E-state index is 0. The van der Waals surface area contributed by atoms with Crippen LogP contribution < -0.4 is 15.4 Å². The molecule has 1 fully saturated rings. The lowest BCUT2D eigenvalue weighted by Gasteiger charge is -2.38. The summed E-state index contributed by atoms with van der Waals surface area (Å²) < 4.78 is 11.0. The molecule has 6 heteroatoms. The number of ether oxygens (including phenoxy) is 2. The van der Waals surface area contributed by atoms with Crippen LogP contribution >= 0.6 is 24.0 Å². The highest BCUT2D eigenvalue weighted by Crippen LogP contribution is 2.35. The molecule has 2 N–H and O–H groups in total. The maximum atomic E-state index is 5.66. The van der Waals surface area contributed by atoms with Crippen molar-refractivity contribution in [1.82, 2.24) is 10.6 Å². The van der Waals surface area contributed by atoms with Crippen LogP contribution in [0.3, 0.4) is 0 Å². The minimum absolute atomic E-state index is 0. The molecule has 0 spiro atoms. The van der Waals surface area contributed by atoms with Crippen LogP contribution in [0, 0.1) is 6.92 Å². The average molecular weight is 523 g/mol. The highest BCUT2D eigenvalue weighted by Gasteiger charge is 2.34. The molecule has 0 atom stereocenters. The van der Waals surface area contributed by atoms with E-state index in [-0.39, 0.29) is 29.4 Å². The van der Waals surface area contributed by atoms with E-state index < -0.39 is 0 Å². The number of halogens is 1. The fourth-order valence-corrected chi connectivity index (χ4v) is 3.85. The Hall–Kier alpha value is -1.80. The summed E-state index contributed by atoms with van der Waals surface area (Å²) in [6, 6.07) is 17.0. The van der Waals surface area contributed by atoms with E-state index in [1.165, 1.54) is 16.7 Å². The molecule has 0 aliphatic carbocycles. The molecule has 0 bridgehead atoms. The molecule has 3 rings (SSSR count). The van der Waals surface area contributed by atoms with Gasteiger partial charge >= 0.3 is 0 Å². The third-order valence-corrected chi connectivity index (χ3v) is 5.59. The maximum absolute atomic E-state index is 5.66. The van der Waals surface area contributed by atoms with Crippen molar-refractivity contribution in [3.63, 3.8) is 0 Å². The lowest BCUT2D eigenvalue weighted by atomic mass is 9.74. The lowest BCUT2D eigenvalue weighted by molar-refractivity contribution is 0.0513. The Balaban J connectivity index is 0.00000320. The van der Waals surface area contributed by atoms with Crippen LogP contribution in [0.5, 0.6) is 5.75 Å². The first-order valence-corrected chi connectivity index (χ1v) is 10.5.